The standard InChI is InChI=1S/C36H57N3O6/c1-25(2)36(27-14-16-30(43-9)32(22-27)45-11,24-37-33(40)28-23-34(3,4)39(41)35(28,5)6)18-12-19-38(7)20-17-26-13-15-29(42-8)31(21-26)44-10/h13-16,21-22,25,28,41H,12,17-20,23-24H2,1-11H3,(H,37,40). The fourth-order valence-electron chi connectivity index (χ4n) is 6.98. The Hall–Kier alpha value is -3.01. The van der Waals surface area contributed by atoms with Gasteiger partial charge in [0.15, 0.2) is 23.0 Å². The molecule has 2 unspecified atom stereocenters. The highest BCUT2D eigenvalue weighted by Gasteiger charge is 2.54. The maximum atomic E-state index is 13.8. The molecule has 1 saturated heterocycles. The van der Waals surface area contributed by atoms with Crippen molar-refractivity contribution in [3.63, 3.8) is 0 Å². The summed E-state index contributed by atoms with van der Waals surface area (Å²) in [6.45, 7) is 14.6. The van der Waals surface area contributed by atoms with Crippen LogP contribution in [0.15, 0.2) is 36.4 Å². The average Bonchev–Trinajstić information content (AvgIpc) is 3.19. The molecule has 1 aliphatic rings. The average molecular weight is 628 g/mol. The number of nitrogens with one attached hydrogen (secondary N) is 1. The van der Waals surface area contributed by atoms with Crippen LogP contribution in [0.2, 0.25) is 0 Å². The Morgan fingerprint density at radius 2 is 1.53 bits per heavy atom. The molecule has 0 aliphatic carbocycles. The Morgan fingerprint density at radius 1 is 0.956 bits per heavy atom. The zero-order valence-corrected chi connectivity index (χ0v) is 29.5. The van der Waals surface area contributed by atoms with Crippen LogP contribution in [-0.2, 0) is 16.6 Å². The molecule has 2 aromatic carbocycles. The third kappa shape index (κ3) is 8.05. The number of rotatable bonds is 16. The first kappa shape index (κ1) is 36.5. The van der Waals surface area contributed by atoms with Crippen molar-refractivity contribution in [3.05, 3.63) is 47.5 Å². The third-order valence-electron chi connectivity index (χ3n) is 10.0. The Bertz CT molecular complexity index is 1280. The number of carbonyl (C=O) groups is 1. The SMILES string of the molecule is COc1ccc(CCN(C)CCCC(CNC(=O)C2CC(C)(C)N(O)C2(C)C)(c2ccc(OC)c(OC)c2)C(C)C)cc1OC. The lowest BCUT2D eigenvalue weighted by Crippen LogP contribution is -2.52. The van der Waals surface area contributed by atoms with Crippen molar-refractivity contribution in [1.29, 1.82) is 0 Å². The van der Waals surface area contributed by atoms with Crippen LogP contribution in [0.5, 0.6) is 23.0 Å². The lowest BCUT2D eigenvalue weighted by Gasteiger charge is -2.40. The molecule has 1 heterocycles. The van der Waals surface area contributed by atoms with Crippen LogP contribution in [0, 0.1) is 11.8 Å². The van der Waals surface area contributed by atoms with Gasteiger partial charge in [0.1, 0.15) is 0 Å². The van der Waals surface area contributed by atoms with Gasteiger partial charge in [0.25, 0.3) is 0 Å². The van der Waals surface area contributed by atoms with Crippen molar-refractivity contribution < 1.29 is 28.9 Å². The molecule has 1 aliphatic heterocycles. The molecule has 0 aromatic heterocycles. The van der Waals surface area contributed by atoms with Crippen molar-refractivity contribution in [3.8, 4) is 23.0 Å². The number of hydroxylamine groups is 2. The zero-order chi connectivity index (χ0) is 33.6. The van der Waals surface area contributed by atoms with Crippen molar-refractivity contribution >= 4 is 5.91 Å². The van der Waals surface area contributed by atoms with E-state index in [2.05, 4.69) is 49.3 Å². The molecule has 0 bridgehead atoms. The van der Waals surface area contributed by atoms with Crippen LogP contribution in [0.3, 0.4) is 0 Å². The monoisotopic (exact) mass is 627 g/mol. The van der Waals surface area contributed by atoms with E-state index in [1.807, 2.05) is 45.9 Å². The number of hydrogen-bond acceptors (Lipinski definition) is 8. The van der Waals surface area contributed by atoms with E-state index in [0.717, 1.165) is 49.4 Å². The lowest BCUT2D eigenvalue weighted by atomic mass is 9.68. The minimum absolute atomic E-state index is 0.0258. The van der Waals surface area contributed by atoms with Gasteiger partial charge in [-0.3, -0.25) is 4.79 Å². The summed E-state index contributed by atoms with van der Waals surface area (Å²) < 4.78 is 22.1. The highest BCUT2D eigenvalue weighted by Crippen LogP contribution is 2.44. The first-order chi connectivity index (χ1) is 21.2. The van der Waals surface area contributed by atoms with Gasteiger partial charge in [0.2, 0.25) is 5.91 Å². The molecule has 9 heteroatoms. The number of benzene rings is 2. The van der Waals surface area contributed by atoms with E-state index >= 15 is 0 Å². The van der Waals surface area contributed by atoms with E-state index in [4.69, 9.17) is 18.9 Å². The fraction of sp³-hybridized carbons (Fsp3) is 0.639. The Balaban J connectivity index is 1.79. The van der Waals surface area contributed by atoms with Crippen LogP contribution < -0.4 is 24.3 Å². The lowest BCUT2D eigenvalue weighted by molar-refractivity contribution is -0.197. The molecular weight excluding hydrogens is 570 g/mol. The van der Waals surface area contributed by atoms with Crippen LogP contribution in [0.25, 0.3) is 0 Å². The summed E-state index contributed by atoms with van der Waals surface area (Å²) in [6, 6.07) is 12.2. The largest absolute Gasteiger partial charge is 0.493 e. The van der Waals surface area contributed by atoms with Crippen molar-refractivity contribution in [2.24, 2.45) is 11.8 Å². The summed E-state index contributed by atoms with van der Waals surface area (Å²) in [4.78, 5) is 16.1. The minimum Gasteiger partial charge on any atom is -0.493 e. The second-order valence-electron chi connectivity index (χ2n) is 14.0. The predicted octanol–water partition coefficient (Wildman–Crippen LogP) is 5.95. The Labute approximate surface area is 271 Å². The van der Waals surface area contributed by atoms with E-state index < -0.39 is 11.1 Å². The molecule has 1 fully saturated rings. The van der Waals surface area contributed by atoms with Gasteiger partial charge >= 0.3 is 0 Å². The first-order valence-corrected chi connectivity index (χ1v) is 16.1. The van der Waals surface area contributed by atoms with Gasteiger partial charge in [0, 0.05) is 24.0 Å². The Kier molecular flexibility index (Phi) is 12.2. The molecule has 0 saturated carbocycles. The van der Waals surface area contributed by atoms with E-state index in [0.29, 0.717) is 24.5 Å². The number of methoxy groups -OCH3 is 4. The van der Waals surface area contributed by atoms with E-state index in [-0.39, 0.29) is 23.2 Å². The van der Waals surface area contributed by atoms with Gasteiger partial charge in [-0.15, -0.1) is 0 Å². The highest BCUT2D eigenvalue weighted by molar-refractivity contribution is 5.80. The second-order valence-corrected chi connectivity index (χ2v) is 14.0. The molecule has 0 spiro atoms. The van der Waals surface area contributed by atoms with Gasteiger partial charge in [0.05, 0.1) is 39.9 Å². The molecular formula is C36H57N3O6. The second kappa shape index (κ2) is 15.1. The zero-order valence-electron chi connectivity index (χ0n) is 29.5. The molecule has 1 amide bonds. The molecule has 2 aromatic rings. The van der Waals surface area contributed by atoms with Crippen LogP contribution >= 0.6 is 0 Å². The van der Waals surface area contributed by atoms with E-state index in [9.17, 15) is 10.0 Å². The van der Waals surface area contributed by atoms with Gasteiger partial charge in [-0.1, -0.05) is 26.0 Å². The molecule has 3 rings (SSSR count). The molecule has 2 atom stereocenters. The molecule has 9 nitrogen and oxygen atoms in total. The highest BCUT2D eigenvalue weighted by atomic mass is 16.5. The van der Waals surface area contributed by atoms with E-state index in [1.54, 1.807) is 28.4 Å². The summed E-state index contributed by atoms with van der Waals surface area (Å²) in [7, 11) is 8.75. The number of carbonyl (C=O) groups excluding carboxylic acids is 1. The number of hydrogen-bond donors (Lipinski definition) is 2. The van der Waals surface area contributed by atoms with Crippen molar-refractivity contribution in [1.82, 2.24) is 15.3 Å². The molecule has 252 valence electrons. The van der Waals surface area contributed by atoms with Gasteiger partial charge in [-0.25, -0.2) is 0 Å². The summed E-state index contributed by atoms with van der Waals surface area (Å²) in [5.74, 6) is 2.68. The minimum atomic E-state index is -0.673. The third-order valence-corrected chi connectivity index (χ3v) is 10.0. The number of ether oxygens (including phenoxy) is 4. The normalized spacial score (nSPS) is 18.9. The quantitative estimate of drug-likeness (QED) is 0.236. The van der Waals surface area contributed by atoms with Gasteiger partial charge < -0.3 is 34.4 Å². The maximum absolute atomic E-state index is 13.8. The topological polar surface area (TPSA) is 92.7 Å². The number of likely N-dealkylation sites (N-methyl/N-ethyl adjacent to an activating group) is 1. The molecule has 45 heavy (non-hydrogen) atoms. The van der Waals surface area contributed by atoms with Gasteiger partial charge in [-0.2, -0.15) is 5.06 Å². The summed E-state index contributed by atoms with van der Waals surface area (Å²) in [6.07, 6.45) is 3.29. The smallest absolute Gasteiger partial charge is 0.225 e. The number of nitrogens with zero attached hydrogens (tertiary/aromatic N) is 2. The van der Waals surface area contributed by atoms with Crippen LogP contribution in [-0.4, -0.2) is 87.3 Å². The number of amides is 1. The van der Waals surface area contributed by atoms with Crippen LogP contribution in [0.1, 0.15) is 71.9 Å². The Morgan fingerprint density at radius 3 is 2.07 bits per heavy atom. The van der Waals surface area contributed by atoms with E-state index in [1.165, 1.54) is 10.6 Å². The molecule has 2 N–H and O–H groups in total. The summed E-state index contributed by atoms with van der Waals surface area (Å²) in [5, 5.41) is 15.5. The molecule has 0 radical (unpaired) electrons. The van der Waals surface area contributed by atoms with Crippen molar-refractivity contribution in [2.45, 2.75) is 83.7 Å². The van der Waals surface area contributed by atoms with Crippen molar-refractivity contribution in [2.75, 3.05) is 55.1 Å². The summed E-state index contributed by atoms with van der Waals surface area (Å²) in [5.41, 5.74) is 0.803. The maximum Gasteiger partial charge on any atom is 0.225 e. The van der Waals surface area contributed by atoms with Crippen LogP contribution in [0.4, 0.5) is 0 Å². The first-order valence-electron chi connectivity index (χ1n) is 16.1. The predicted molar refractivity (Wildman–Crippen MR) is 179 cm³/mol. The van der Waals surface area contributed by atoms with Gasteiger partial charge in [-0.05, 0) is 108 Å². The fourth-order valence-corrected chi connectivity index (χ4v) is 6.98. The summed E-state index contributed by atoms with van der Waals surface area (Å²) >= 11 is 0.